The average Bonchev–Trinajstić information content (AvgIpc) is 2.52. The van der Waals surface area contributed by atoms with Crippen molar-refractivity contribution in [1.82, 2.24) is 5.32 Å². The third-order valence-electron chi connectivity index (χ3n) is 3.31. The molecule has 2 rings (SSSR count). The lowest BCUT2D eigenvalue weighted by Gasteiger charge is -2.18. The van der Waals surface area contributed by atoms with Crippen LogP contribution in [0.15, 0.2) is 48.5 Å². The zero-order chi connectivity index (χ0) is 15.2. The van der Waals surface area contributed by atoms with Gasteiger partial charge < -0.3 is 5.32 Å². The zero-order valence-corrected chi connectivity index (χ0v) is 13.3. The van der Waals surface area contributed by atoms with Gasteiger partial charge >= 0.3 is 0 Å². The quantitative estimate of drug-likeness (QED) is 0.775. The highest BCUT2D eigenvalue weighted by Gasteiger charge is 2.14. The summed E-state index contributed by atoms with van der Waals surface area (Å²) in [5.41, 5.74) is 2.56. The molecule has 2 aromatic carbocycles. The fourth-order valence-corrected chi connectivity index (χ4v) is 2.55. The Morgan fingerprint density at radius 1 is 1.19 bits per heavy atom. The van der Waals surface area contributed by atoms with Crippen LogP contribution in [-0.2, 0) is 5.88 Å². The number of benzene rings is 2. The van der Waals surface area contributed by atoms with E-state index in [2.05, 4.69) is 5.32 Å². The molecule has 0 bridgehead atoms. The van der Waals surface area contributed by atoms with Gasteiger partial charge in [-0.15, -0.1) is 11.6 Å². The lowest BCUT2D eigenvalue weighted by Crippen LogP contribution is -2.28. The molecule has 0 aliphatic carbocycles. The Bertz CT molecular complexity index is 628. The van der Waals surface area contributed by atoms with Gasteiger partial charge in [0.2, 0.25) is 0 Å². The Morgan fingerprint density at radius 2 is 1.95 bits per heavy atom. The Labute approximate surface area is 135 Å². The summed E-state index contributed by atoms with van der Waals surface area (Å²) in [4.78, 5) is 12.4. The molecule has 110 valence electrons. The molecule has 1 N–H and O–H groups in total. The summed E-state index contributed by atoms with van der Waals surface area (Å²) >= 11 is 11.8. The minimum atomic E-state index is -0.103. The highest BCUT2D eigenvalue weighted by molar-refractivity contribution is 6.30. The number of amides is 1. The Balaban J connectivity index is 2.16. The van der Waals surface area contributed by atoms with E-state index in [1.807, 2.05) is 49.4 Å². The predicted molar refractivity (Wildman–Crippen MR) is 87.9 cm³/mol. The van der Waals surface area contributed by atoms with Crippen molar-refractivity contribution in [1.29, 1.82) is 0 Å². The maximum atomic E-state index is 12.4. The first-order valence-corrected chi connectivity index (χ1v) is 7.76. The number of alkyl halides is 1. The fourth-order valence-electron chi connectivity index (χ4n) is 2.18. The number of rotatable bonds is 5. The molecule has 1 atom stereocenters. The molecule has 0 radical (unpaired) electrons. The minimum absolute atomic E-state index is 0.0594. The van der Waals surface area contributed by atoms with E-state index in [-0.39, 0.29) is 11.9 Å². The van der Waals surface area contributed by atoms with Crippen molar-refractivity contribution in [2.24, 2.45) is 0 Å². The monoisotopic (exact) mass is 321 g/mol. The first-order valence-electron chi connectivity index (χ1n) is 6.85. The smallest absolute Gasteiger partial charge is 0.251 e. The number of halogens is 2. The third-order valence-corrected chi connectivity index (χ3v) is 3.85. The van der Waals surface area contributed by atoms with Gasteiger partial charge in [0.15, 0.2) is 0 Å². The SMILES string of the molecule is CCC(NC(=O)c1cccc(CCl)c1)c1cccc(Cl)c1. The van der Waals surface area contributed by atoms with Crippen molar-refractivity contribution >= 4 is 29.1 Å². The molecule has 2 aromatic rings. The predicted octanol–water partition coefficient (Wildman–Crippen LogP) is 4.96. The van der Waals surface area contributed by atoms with Gasteiger partial charge in [-0.05, 0) is 41.8 Å². The summed E-state index contributed by atoms with van der Waals surface area (Å²) in [5.74, 6) is 0.292. The first kappa shape index (κ1) is 15.9. The van der Waals surface area contributed by atoms with Crippen LogP contribution in [0.2, 0.25) is 5.02 Å². The Kier molecular flexibility index (Phi) is 5.66. The lowest BCUT2D eigenvalue weighted by atomic mass is 10.0. The van der Waals surface area contributed by atoms with E-state index in [1.165, 1.54) is 0 Å². The molecule has 0 saturated carbocycles. The van der Waals surface area contributed by atoms with Gasteiger partial charge in [-0.25, -0.2) is 0 Å². The van der Waals surface area contributed by atoms with E-state index in [1.54, 1.807) is 6.07 Å². The van der Waals surface area contributed by atoms with Crippen LogP contribution in [0.4, 0.5) is 0 Å². The van der Waals surface area contributed by atoms with Crippen LogP contribution in [0.1, 0.15) is 40.9 Å². The van der Waals surface area contributed by atoms with Crippen LogP contribution >= 0.6 is 23.2 Å². The summed E-state index contributed by atoms with van der Waals surface area (Å²) in [7, 11) is 0. The molecule has 1 unspecified atom stereocenters. The molecule has 0 saturated heterocycles. The second-order valence-corrected chi connectivity index (χ2v) is 5.53. The molecule has 21 heavy (non-hydrogen) atoms. The maximum absolute atomic E-state index is 12.4. The molecular weight excluding hydrogens is 305 g/mol. The van der Waals surface area contributed by atoms with E-state index in [4.69, 9.17) is 23.2 Å². The van der Waals surface area contributed by atoms with Gasteiger partial charge in [-0.1, -0.05) is 42.8 Å². The van der Waals surface area contributed by atoms with E-state index >= 15 is 0 Å². The topological polar surface area (TPSA) is 29.1 Å². The standard InChI is InChI=1S/C17H17Cl2NO/c1-2-16(13-6-4-8-15(19)10-13)20-17(21)14-7-3-5-12(9-14)11-18/h3-10,16H,2,11H2,1H3,(H,20,21). The number of hydrogen-bond donors (Lipinski definition) is 1. The normalized spacial score (nSPS) is 12.0. The van der Waals surface area contributed by atoms with Crippen LogP contribution in [0.3, 0.4) is 0 Å². The summed E-state index contributed by atoms with van der Waals surface area (Å²) in [5, 5.41) is 3.71. The van der Waals surface area contributed by atoms with Gasteiger partial charge in [-0.2, -0.15) is 0 Å². The first-order chi connectivity index (χ1) is 10.1. The summed E-state index contributed by atoms with van der Waals surface area (Å²) in [6.07, 6.45) is 0.793. The number of hydrogen-bond acceptors (Lipinski definition) is 1. The van der Waals surface area contributed by atoms with Crippen LogP contribution in [-0.4, -0.2) is 5.91 Å². The van der Waals surface area contributed by atoms with Crippen LogP contribution in [0.25, 0.3) is 0 Å². The second-order valence-electron chi connectivity index (χ2n) is 4.82. The molecule has 0 aliphatic heterocycles. The molecule has 4 heteroatoms. The second kappa shape index (κ2) is 7.48. The summed E-state index contributed by atoms with van der Waals surface area (Å²) in [6, 6.07) is 14.8. The molecule has 0 spiro atoms. The number of nitrogens with one attached hydrogen (secondary N) is 1. The van der Waals surface area contributed by atoms with E-state index in [0.717, 1.165) is 17.5 Å². The van der Waals surface area contributed by atoms with Crippen molar-refractivity contribution in [3.63, 3.8) is 0 Å². The molecule has 2 nitrogen and oxygen atoms in total. The highest BCUT2D eigenvalue weighted by Crippen LogP contribution is 2.21. The zero-order valence-electron chi connectivity index (χ0n) is 11.8. The van der Waals surface area contributed by atoms with Gasteiger partial charge in [0.25, 0.3) is 5.91 Å². The van der Waals surface area contributed by atoms with Crippen LogP contribution in [0.5, 0.6) is 0 Å². The van der Waals surface area contributed by atoms with Crippen molar-refractivity contribution in [2.45, 2.75) is 25.3 Å². The van der Waals surface area contributed by atoms with Crippen molar-refractivity contribution in [2.75, 3.05) is 0 Å². The molecule has 0 aliphatic rings. The fraction of sp³-hybridized carbons (Fsp3) is 0.235. The van der Waals surface area contributed by atoms with Crippen molar-refractivity contribution < 1.29 is 4.79 Å². The average molecular weight is 322 g/mol. The highest BCUT2D eigenvalue weighted by atomic mass is 35.5. The Morgan fingerprint density at radius 3 is 2.62 bits per heavy atom. The van der Waals surface area contributed by atoms with Gasteiger partial charge in [0.1, 0.15) is 0 Å². The summed E-state index contributed by atoms with van der Waals surface area (Å²) in [6.45, 7) is 2.03. The van der Waals surface area contributed by atoms with Crippen LogP contribution < -0.4 is 5.32 Å². The number of carbonyl (C=O) groups excluding carboxylic acids is 1. The van der Waals surface area contributed by atoms with Gasteiger partial charge in [0, 0.05) is 16.5 Å². The lowest BCUT2D eigenvalue weighted by molar-refractivity contribution is 0.0935. The van der Waals surface area contributed by atoms with Crippen molar-refractivity contribution in [3.05, 3.63) is 70.2 Å². The molecule has 0 heterocycles. The van der Waals surface area contributed by atoms with Crippen LogP contribution in [0, 0.1) is 0 Å². The number of carbonyl (C=O) groups is 1. The summed E-state index contributed by atoms with van der Waals surface area (Å²) < 4.78 is 0. The Hall–Kier alpha value is -1.51. The molecule has 0 aromatic heterocycles. The van der Waals surface area contributed by atoms with E-state index < -0.39 is 0 Å². The minimum Gasteiger partial charge on any atom is -0.345 e. The molecule has 0 fully saturated rings. The third kappa shape index (κ3) is 4.23. The largest absolute Gasteiger partial charge is 0.345 e. The van der Waals surface area contributed by atoms with E-state index in [0.29, 0.717) is 16.5 Å². The van der Waals surface area contributed by atoms with Gasteiger partial charge in [-0.3, -0.25) is 4.79 Å². The molecule has 1 amide bonds. The van der Waals surface area contributed by atoms with Crippen molar-refractivity contribution in [3.8, 4) is 0 Å². The maximum Gasteiger partial charge on any atom is 0.251 e. The van der Waals surface area contributed by atoms with E-state index in [9.17, 15) is 4.79 Å². The molecular formula is C17H17Cl2NO. The van der Waals surface area contributed by atoms with Gasteiger partial charge in [0.05, 0.1) is 6.04 Å².